The molecule has 3 aromatic rings. The molecule has 0 bridgehead atoms. The van der Waals surface area contributed by atoms with E-state index in [2.05, 4.69) is 48.6 Å². The fourth-order valence-corrected chi connectivity index (χ4v) is 4.49. The van der Waals surface area contributed by atoms with Gasteiger partial charge in [-0.3, -0.25) is 0 Å². The number of thiophene rings is 1. The summed E-state index contributed by atoms with van der Waals surface area (Å²) in [5.74, 6) is 2.64. The third kappa shape index (κ3) is 4.18. The van der Waals surface area contributed by atoms with Gasteiger partial charge < -0.3 is 20.3 Å². The van der Waals surface area contributed by atoms with Crippen LogP contribution < -0.4 is 10.6 Å². The first-order valence-electron chi connectivity index (χ1n) is 9.84. The highest BCUT2D eigenvalue weighted by Gasteiger charge is 2.16. The highest BCUT2D eigenvalue weighted by Crippen LogP contribution is 2.29. The van der Waals surface area contributed by atoms with Gasteiger partial charge in [-0.2, -0.15) is 0 Å². The number of benzene rings is 1. The molecule has 0 spiro atoms. The third-order valence-electron chi connectivity index (χ3n) is 4.89. The number of aryl methyl sites for hydroxylation is 1. The summed E-state index contributed by atoms with van der Waals surface area (Å²) in [5, 5.41) is 26.8. The molecule has 0 aliphatic carbocycles. The van der Waals surface area contributed by atoms with Crippen molar-refractivity contribution in [2.24, 2.45) is 4.99 Å². The molecule has 0 radical (unpaired) electrons. The Morgan fingerprint density at radius 3 is 3.04 bits per heavy atom. The number of guanidine groups is 1. The molecule has 1 unspecified atom stereocenters. The lowest BCUT2D eigenvalue weighted by Gasteiger charge is -2.15. The number of hydrogen-bond donors (Lipinski definition) is 3. The molecule has 3 N–H and O–H groups in total. The molecule has 0 amide bonds. The van der Waals surface area contributed by atoms with E-state index in [-0.39, 0.29) is 0 Å². The van der Waals surface area contributed by atoms with Gasteiger partial charge in [0.05, 0.1) is 0 Å². The summed E-state index contributed by atoms with van der Waals surface area (Å²) >= 11 is 1.63. The van der Waals surface area contributed by atoms with Crippen LogP contribution in [0.4, 0.5) is 0 Å². The number of nitrogens with zero attached hydrogens (tertiary/aromatic N) is 4. The van der Waals surface area contributed by atoms with Gasteiger partial charge in [0.25, 0.3) is 0 Å². The molecule has 2 aromatic heterocycles. The fourth-order valence-electron chi connectivity index (χ4n) is 3.44. The number of rotatable bonds is 6. The van der Waals surface area contributed by atoms with Gasteiger partial charge in [0, 0.05) is 35.6 Å². The summed E-state index contributed by atoms with van der Waals surface area (Å²) in [4.78, 5) is 5.59. The van der Waals surface area contributed by atoms with E-state index in [1.54, 1.807) is 11.3 Å². The van der Waals surface area contributed by atoms with Crippen LogP contribution in [0.1, 0.15) is 42.4 Å². The molecule has 28 heavy (non-hydrogen) atoms. The van der Waals surface area contributed by atoms with Crippen molar-refractivity contribution in [2.75, 3.05) is 13.1 Å². The Morgan fingerprint density at radius 1 is 1.29 bits per heavy atom. The smallest absolute Gasteiger partial charge is 0.191 e. The van der Waals surface area contributed by atoms with Crippen LogP contribution in [0.25, 0.3) is 10.1 Å². The molecule has 148 valence electrons. The molecule has 4 rings (SSSR count). The highest BCUT2D eigenvalue weighted by atomic mass is 32.1. The van der Waals surface area contributed by atoms with Crippen molar-refractivity contribution in [3.05, 3.63) is 46.9 Å². The van der Waals surface area contributed by atoms with Crippen LogP contribution in [0.5, 0.6) is 0 Å². The van der Waals surface area contributed by atoms with E-state index in [9.17, 15) is 5.11 Å². The number of nitrogens with one attached hydrogen (secondary N) is 2. The van der Waals surface area contributed by atoms with E-state index in [4.69, 9.17) is 0 Å². The van der Waals surface area contributed by atoms with Crippen molar-refractivity contribution in [1.82, 2.24) is 25.4 Å². The van der Waals surface area contributed by atoms with Crippen molar-refractivity contribution >= 4 is 27.4 Å². The Labute approximate surface area is 168 Å². The number of aromatic nitrogens is 3. The average molecular weight is 399 g/mol. The van der Waals surface area contributed by atoms with Gasteiger partial charge in [-0.05, 0) is 37.3 Å². The number of aliphatic hydroxyl groups is 1. The molecular weight excluding hydrogens is 372 g/mol. The molecule has 7 nitrogen and oxygen atoms in total. The number of fused-ring (bicyclic) bond motifs is 2. The topological polar surface area (TPSA) is 87.4 Å². The van der Waals surface area contributed by atoms with Gasteiger partial charge in [-0.25, -0.2) is 4.99 Å². The Kier molecular flexibility index (Phi) is 5.87. The summed E-state index contributed by atoms with van der Waals surface area (Å²) in [5.41, 5.74) is 0. The normalized spacial score (nSPS) is 15.4. The van der Waals surface area contributed by atoms with E-state index in [0.717, 1.165) is 36.0 Å². The van der Waals surface area contributed by atoms with Crippen molar-refractivity contribution in [2.45, 2.75) is 45.4 Å². The first-order valence-corrected chi connectivity index (χ1v) is 10.7. The lowest BCUT2D eigenvalue weighted by Crippen LogP contribution is -2.39. The molecule has 1 aliphatic rings. The lowest BCUT2D eigenvalue weighted by molar-refractivity contribution is 0.184. The average Bonchev–Trinajstić information content (AvgIpc) is 3.34. The summed E-state index contributed by atoms with van der Waals surface area (Å²) in [7, 11) is 0. The fraction of sp³-hybridized carbons (Fsp3) is 0.450. The molecule has 0 saturated carbocycles. The van der Waals surface area contributed by atoms with Gasteiger partial charge in [-0.1, -0.05) is 18.2 Å². The predicted octanol–water partition coefficient (Wildman–Crippen LogP) is 2.62. The summed E-state index contributed by atoms with van der Waals surface area (Å²) in [6, 6.07) is 10.2. The van der Waals surface area contributed by atoms with Crippen LogP contribution in [-0.4, -0.2) is 38.9 Å². The van der Waals surface area contributed by atoms with Crippen LogP contribution in [0.15, 0.2) is 35.3 Å². The first kappa shape index (κ1) is 18.9. The monoisotopic (exact) mass is 398 g/mol. The zero-order valence-corrected chi connectivity index (χ0v) is 16.9. The molecule has 8 heteroatoms. The minimum absolute atomic E-state index is 0.399. The number of hydrogen-bond acceptors (Lipinski definition) is 5. The Hall–Kier alpha value is -2.45. The quantitative estimate of drug-likeness (QED) is 0.439. The van der Waals surface area contributed by atoms with Crippen molar-refractivity contribution < 1.29 is 5.11 Å². The van der Waals surface area contributed by atoms with Gasteiger partial charge in [0.2, 0.25) is 0 Å². The van der Waals surface area contributed by atoms with Crippen molar-refractivity contribution in [3.63, 3.8) is 0 Å². The number of aliphatic imine (C=N–C) groups is 1. The van der Waals surface area contributed by atoms with Crippen molar-refractivity contribution in [3.8, 4) is 0 Å². The van der Waals surface area contributed by atoms with Gasteiger partial charge >= 0.3 is 0 Å². The van der Waals surface area contributed by atoms with E-state index in [1.165, 1.54) is 22.9 Å². The van der Waals surface area contributed by atoms with Gasteiger partial charge in [0.15, 0.2) is 11.8 Å². The predicted molar refractivity (Wildman–Crippen MR) is 113 cm³/mol. The Morgan fingerprint density at radius 2 is 2.18 bits per heavy atom. The maximum absolute atomic E-state index is 10.6. The Balaban J connectivity index is 1.40. The molecule has 1 aromatic carbocycles. The molecule has 0 fully saturated rings. The SMILES string of the molecule is CCNC(=NCc1nnc2n1CCCC2)NCC(O)c1cc2ccccc2s1. The second kappa shape index (κ2) is 8.70. The zero-order chi connectivity index (χ0) is 19.3. The second-order valence-electron chi connectivity index (χ2n) is 6.92. The van der Waals surface area contributed by atoms with Crippen LogP contribution in [0, 0.1) is 0 Å². The van der Waals surface area contributed by atoms with Gasteiger partial charge in [0.1, 0.15) is 18.5 Å². The van der Waals surface area contributed by atoms with Crippen LogP contribution in [-0.2, 0) is 19.5 Å². The van der Waals surface area contributed by atoms with E-state index in [0.29, 0.717) is 19.0 Å². The zero-order valence-electron chi connectivity index (χ0n) is 16.1. The highest BCUT2D eigenvalue weighted by molar-refractivity contribution is 7.19. The molecule has 3 heterocycles. The van der Waals surface area contributed by atoms with Gasteiger partial charge in [-0.15, -0.1) is 21.5 Å². The van der Waals surface area contributed by atoms with E-state index >= 15 is 0 Å². The molecule has 0 saturated heterocycles. The second-order valence-corrected chi connectivity index (χ2v) is 8.04. The lowest BCUT2D eigenvalue weighted by atomic mass is 10.2. The number of aliphatic hydroxyl groups excluding tert-OH is 1. The minimum Gasteiger partial charge on any atom is -0.386 e. The first-order chi connectivity index (χ1) is 13.7. The minimum atomic E-state index is -0.581. The maximum atomic E-state index is 10.6. The standard InChI is InChI=1S/C20H26N6OS/c1-2-21-20(23-13-19-25-24-18-9-5-6-10-26(18)19)22-12-15(27)17-11-14-7-3-4-8-16(14)28-17/h3-4,7-8,11,15,27H,2,5-6,9-10,12-13H2,1H3,(H2,21,22,23). The molecule has 1 atom stereocenters. The summed E-state index contributed by atoms with van der Waals surface area (Å²) in [6.07, 6.45) is 2.76. The van der Waals surface area contributed by atoms with Crippen LogP contribution >= 0.6 is 11.3 Å². The summed E-state index contributed by atoms with van der Waals surface area (Å²) in [6.45, 7) is 4.63. The van der Waals surface area contributed by atoms with E-state index in [1.807, 2.05) is 19.1 Å². The van der Waals surface area contributed by atoms with Crippen molar-refractivity contribution in [1.29, 1.82) is 0 Å². The summed E-state index contributed by atoms with van der Waals surface area (Å²) < 4.78 is 3.37. The van der Waals surface area contributed by atoms with Crippen LogP contribution in [0.2, 0.25) is 0 Å². The maximum Gasteiger partial charge on any atom is 0.191 e. The Bertz CT molecular complexity index is 930. The molecule has 1 aliphatic heterocycles. The van der Waals surface area contributed by atoms with Crippen LogP contribution in [0.3, 0.4) is 0 Å². The van der Waals surface area contributed by atoms with E-state index < -0.39 is 6.10 Å². The largest absolute Gasteiger partial charge is 0.386 e. The molecular formula is C20H26N6OS. The third-order valence-corrected chi connectivity index (χ3v) is 6.11.